The first-order chi connectivity index (χ1) is 8.77. The minimum Gasteiger partial charge on any atom is -0.467 e. The second kappa shape index (κ2) is 8.35. The van der Waals surface area contributed by atoms with Gasteiger partial charge in [0.15, 0.2) is 0 Å². The Morgan fingerprint density at radius 2 is 2.33 bits per heavy atom. The lowest BCUT2D eigenvalue weighted by Crippen LogP contribution is -2.31. The molecule has 1 rings (SSSR count). The highest BCUT2D eigenvalue weighted by Gasteiger charge is 2.14. The van der Waals surface area contributed by atoms with Gasteiger partial charge in [0.25, 0.3) is 0 Å². The molecule has 0 N–H and O–H groups in total. The predicted molar refractivity (Wildman–Crippen MR) is 68.5 cm³/mol. The second-order valence-corrected chi connectivity index (χ2v) is 4.26. The van der Waals surface area contributed by atoms with E-state index in [1.807, 2.05) is 6.07 Å². The first-order valence-corrected chi connectivity index (χ1v) is 6.45. The lowest BCUT2D eigenvalue weighted by atomic mass is 10.2. The molecule has 0 spiro atoms. The van der Waals surface area contributed by atoms with Crippen LogP contribution in [0.2, 0.25) is 0 Å². The van der Waals surface area contributed by atoms with Gasteiger partial charge in [0.1, 0.15) is 5.76 Å². The molecule has 18 heavy (non-hydrogen) atoms. The van der Waals surface area contributed by atoms with Crippen LogP contribution in [0, 0.1) is 11.3 Å². The number of hydrogen-bond acceptors (Lipinski definition) is 3. The zero-order chi connectivity index (χ0) is 13.2. The zero-order valence-electron chi connectivity index (χ0n) is 10.9. The van der Waals surface area contributed by atoms with Crippen LogP contribution in [0.25, 0.3) is 0 Å². The van der Waals surface area contributed by atoms with Gasteiger partial charge in [0.05, 0.1) is 25.3 Å². The lowest BCUT2D eigenvalue weighted by molar-refractivity contribution is -0.132. The van der Waals surface area contributed by atoms with Crippen LogP contribution in [-0.2, 0) is 11.3 Å². The van der Waals surface area contributed by atoms with E-state index < -0.39 is 0 Å². The van der Waals surface area contributed by atoms with Crippen LogP contribution < -0.4 is 0 Å². The lowest BCUT2D eigenvalue weighted by Gasteiger charge is -2.20. The van der Waals surface area contributed by atoms with Crippen molar-refractivity contribution >= 4 is 5.91 Å². The number of furan rings is 1. The third-order valence-corrected chi connectivity index (χ3v) is 2.77. The third kappa shape index (κ3) is 5.05. The third-order valence-electron chi connectivity index (χ3n) is 2.77. The molecule has 0 aliphatic heterocycles. The fourth-order valence-electron chi connectivity index (χ4n) is 1.75. The van der Waals surface area contributed by atoms with Gasteiger partial charge in [-0.3, -0.25) is 4.79 Å². The molecule has 0 aliphatic rings. The summed E-state index contributed by atoms with van der Waals surface area (Å²) in [7, 11) is 0. The van der Waals surface area contributed by atoms with Crippen LogP contribution in [0.1, 0.15) is 44.8 Å². The van der Waals surface area contributed by atoms with Crippen molar-refractivity contribution in [1.29, 1.82) is 5.26 Å². The van der Waals surface area contributed by atoms with Crippen LogP contribution in [0.15, 0.2) is 22.8 Å². The molecule has 98 valence electrons. The van der Waals surface area contributed by atoms with Crippen LogP contribution in [0.4, 0.5) is 0 Å². The first-order valence-electron chi connectivity index (χ1n) is 6.45. The molecule has 0 saturated heterocycles. The van der Waals surface area contributed by atoms with Gasteiger partial charge in [-0.2, -0.15) is 5.26 Å². The van der Waals surface area contributed by atoms with Gasteiger partial charge in [-0.15, -0.1) is 0 Å². The maximum absolute atomic E-state index is 12.0. The van der Waals surface area contributed by atoms with Crippen LogP contribution in [0.3, 0.4) is 0 Å². The number of amides is 1. The molecule has 1 heterocycles. The van der Waals surface area contributed by atoms with Crippen LogP contribution in [-0.4, -0.2) is 17.4 Å². The number of carbonyl (C=O) groups excluding carboxylic acids is 1. The van der Waals surface area contributed by atoms with Crippen molar-refractivity contribution in [2.75, 3.05) is 6.54 Å². The number of carbonyl (C=O) groups is 1. The predicted octanol–water partition coefficient (Wildman–Crippen LogP) is 3.10. The Bertz CT molecular complexity index is 379. The summed E-state index contributed by atoms with van der Waals surface area (Å²) in [6.07, 6.45) is 5.60. The molecule has 1 amide bonds. The molecule has 0 bridgehead atoms. The fraction of sp³-hybridized carbons (Fsp3) is 0.571. The quantitative estimate of drug-likeness (QED) is 0.664. The summed E-state index contributed by atoms with van der Waals surface area (Å²) in [5.41, 5.74) is 0. The van der Waals surface area contributed by atoms with Crippen molar-refractivity contribution in [2.24, 2.45) is 0 Å². The number of hydrogen-bond donors (Lipinski definition) is 0. The van der Waals surface area contributed by atoms with E-state index in [1.54, 1.807) is 17.2 Å². The largest absolute Gasteiger partial charge is 0.467 e. The zero-order valence-corrected chi connectivity index (χ0v) is 10.9. The Balaban J connectivity index is 2.48. The average molecular weight is 248 g/mol. The Kier molecular flexibility index (Phi) is 6.63. The Labute approximate surface area is 108 Å². The van der Waals surface area contributed by atoms with E-state index in [9.17, 15) is 4.79 Å². The van der Waals surface area contributed by atoms with Gasteiger partial charge < -0.3 is 9.32 Å². The Morgan fingerprint density at radius 1 is 1.50 bits per heavy atom. The van der Waals surface area contributed by atoms with Crippen molar-refractivity contribution in [1.82, 2.24) is 4.90 Å². The van der Waals surface area contributed by atoms with Crippen molar-refractivity contribution in [2.45, 2.75) is 45.6 Å². The molecule has 0 aliphatic carbocycles. The van der Waals surface area contributed by atoms with E-state index in [0.717, 1.165) is 25.0 Å². The summed E-state index contributed by atoms with van der Waals surface area (Å²) >= 11 is 0. The summed E-state index contributed by atoms with van der Waals surface area (Å²) in [6.45, 7) is 3.04. The monoisotopic (exact) mass is 248 g/mol. The van der Waals surface area contributed by atoms with Crippen molar-refractivity contribution in [3.63, 3.8) is 0 Å². The van der Waals surface area contributed by atoms with E-state index in [0.29, 0.717) is 25.9 Å². The topological polar surface area (TPSA) is 57.2 Å². The summed E-state index contributed by atoms with van der Waals surface area (Å²) < 4.78 is 5.24. The molecule has 0 aromatic carbocycles. The van der Waals surface area contributed by atoms with Gasteiger partial charge in [-0.1, -0.05) is 19.8 Å². The summed E-state index contributed by atoms with van der Waals surface area (Å²) in [5.74, 6) is 0.867. The van der Waals surface area contributed by atoms with Crippen molar-refractivity contribution < 1.29 is 9.21 Å². The number of rotatable bonds is 8. The van der Waals surface area contributed by atoms with Crippen LogP contribution in [0.5, 0.6) is 0 Å². The van der Waals surface area contributed by atoms with E-state index in [1.165, 1.54) is 0 Å². The molecular weight excluding hydrogens is 228 g/mol. The molecule has 1 aromatic heterocycles. The second-order valence-electron chi connectivity index (χ2n) is 4.26. The molecule has 0 fully saturated rings. The molecule has 4 heteroatoms. The number of nitrogens with zero attached hydrogens (tertiary/aromatic N) is 2. The maximum Gasteiger partial charge on any atom is 0.223 e. The van der Waals surface area contributed by atoms with E-state index in [2.05, 4.69) is 13.0 Å². The van der Waals surface area contributed by atoms with Gasteiger partial charge in [-0.25, -0.2) is 0 Å². The minimum atomic E-state index is 0.107. The Hall–Kier alpha value is -1.76. The molecular formula is C14H20N2O2. The van der Waals surface area contributed by atoms with Crippen molar-refractivity contribution in [3.8, 4) is 6.07 Å². The van der Waals surface area contributed by atoms with Gasteiger partial charge >= 0.3 is 0 Å². The number of unbranched alkanes of at least 4 members (excludes halogenated alkanes) is 2. The van der Waals surface area contributed by atoms with E-state index >= 15 is 0 Å². The summed E-state index contributed by atoms with van der Waals surface area (Å²) in [6, 6.07) is 5.73. The minimum absolute atomic E-state index is 0.107. The molecule has 0 radical (unpaired) electrons. The number of nitriles is 1. The van der Waals surface area contributed by atoms with Crippen LogP contribution >= 0.6 is 0 Å². The van der Waals surface area contributed by atoms with E-state index in [4.69, 9.17) is 9.68 Å². The molecule has 0 atom stereocenters. The van der Waals surface area contributed by atoms with E-state index in [-0.39, 0.29) is 5.91 Å². The fourth-order valence-corrected chi connectivity index (χ4v) is 1.75. The molecule has 1 aromatic rings. The highest BCUT2D eigenvalue weighted by Crippen LogP contribution is 2.10. The van der Waals surface area contributed by atoms with Gasteiger partial charge in [-0.05, 0) is 18.6 Å². The normalized spacial score (nSPS) is 10.0. The molecule has 0 saturated carbocycles. The molecule has 0 unspecified atom stereocenters. The highest BCUT2D eigenvalue weighted by molar-refractivity contribution is 5.76. The average Bonchev–Trinajstić information content (AvgIpc) is 2.87. The van der Waals surface area contributed by atoms with Crippen molar-refractivity contribution in [3.05, 3.63) is 24.2 Å². The smallest absolute Gasteiger partial charge is 0.223 e. The highest BCUT2D eigenvalue weighted by atomic mass is 16.3. The summed E-state index contributed by atoms with van der Waals surface area (Å²) in [5, 5.41) is 8.63. The summed E-state index contributed by atoms with van der Waals surface area (Å²) in [4.78, 5) is 13.7. The van der Waals surface area contributed by atoms with Gasteiger partial charge in [0.2, 0.25) is 5.91 Å². The Morgan fingerprint density at radius 3 is 2.94 bits per heavy atom. The standard InChI is InChI=1S/C14H20N2O2/c1-2-3-4-8-14(17)16(10-6-9-15)12-13-7-5-11-18-13/h5,7,11H,2-4,6,8,10,12H2,1H3. The maximum atomic E-state index is 12.0. The molecule has 4 nitrogen and oxygen atoms in total. The first kappa shape index (κ1) is 14.3. The SMILES string of the molecule is CCCCCC(=O)N(CCC#N)Cc1ccco1. The van der Waals surface area contributed by atoms with Gasteiger partial charge in [0, 0.05) is 13.0 Å².